The molecule has 0 fully saturated rings. The van der Waals surface area contributed by atoms with Crippen LogP contribution in [0.3, 0.4) is 0 Å². The number of esters is 1. The first-order valence-corrected chi connectivity index (χ1v) is 10.3. The molecule has 0 atom stereocenters. The summed E-state index contributed by atoms with van der Waals surface area (Å²) in [4.78, 5) is 29.2. The lowest BCUT2D eigenvalue weighted by atomic mass is 10.1. The largest absolute Gasteiger partial charge is 0.508 e. The van der Waals surface area contributed by atoms with Crippen LogP contribution in [0.4, 0.5) is 0 Å². The van der Waals surface area contributed by atoms with Gasteiger partial charge in [0.1, 0.15) is 40.2 Å². The molecule has 0 spiro atoms. The molecular weight excluding hydrogens is 418 g/mol. The maximum Gasteiger partial charge on any atom is 0.350 e. The van der Waals surface area contributed by atoms with Gasteiger partial charge in [-0.05, 0) is 38.1 Å². The zero-order chi connectivity index (χ0) is 22.0. The van der Waals surface area contributed by atoms with Gasteiger partial charge in [-0.2, -0.15) is 0 Å². The number of aryl methyl sites for hydroxylation is 2. The number of ether oxygens (including phenoxy) is 2. The maximum absolute atomic E-state index is 12.6. The summed E-state index contributed by atoms with van der Waals surface area (Å²) in [5.74, 6) is 0.172. The van der Waals surface area contributed by atoms with Gasteiger partial charge >= 0.3 is 11.6 Å². The van der Waals surface area contributed by atoms with E-state index in [1.165, 1.54) is 29.5 Å². The van der Waals surface area contributed by atoms with Crippen molar-refractivity contribution in [3.05, 3.63) is 85.7 Å². The molecule has 31 heavy (non-hydrogen) atoms. The average molecular weight is 437 g/mol. The Hall–Kier alpha value is -3.65. The molecule has 0 aliphatic heterocycles. The van der Waals surface area contributed by atoms with Gasteiger partial charge in [0.15, 0.2) is 0 Å². The molecule has 2 aromatic carbocycles. The van der Waals surface area contributed by atoms with Gasteiger partial charge in [-0.1, -0.05) is 17.7 Å². The minimum atomic E-state index is -0.589. The quantitative estimate of drug-likeness (QED) is 0.350. The van der Waals surface area contributed by atoms with E-state index in [9.17, 15) is 14.7 Å². The van der Waals surface area contributed by atoms with Crippen molar-refractivity contribution in [3.8, 4) is 11.5 Å². The van der Waals surface area contributed by atoms with Crippen molar-refractivity contribution >= 4 is 28.3 Å². The summed E-state index contributed by atoms with van der Waals surface area (Å²) >= 11 is 1.21. The lowest BCUT2D eigenvalue weighted by molar-refractivity contribution is 0.0478. The van der Waals surface area contributed by atoms with Gasteiger partial charge in [-0.25, -0.2) is 14.6 Å². The van der Waals surface area contributed by atoms with E-state index >= 15 is 0 Å². The number of hydrogen-bond acceptors (Lipinski definition) is 8. The zero-order valence-electron chi connectivity index (χ0n) is 16.9. The standard InChI is InChI=1S/C23H19NO6S/c1-13-3-6-17(7-4-13)28-12-20-24-14(2)22(31-20)23(27)29-11-15-9-21(26)30-19-10-16(25)5-8-18(15)19/h3-10,25H,11-12H2,1-2H3. The smallest absolute Gasteiger partial charge is 0.350 e. The predicted molar refractivity (Wildman–Crippen MR) is 116 cm³/mol. The van der Waals surface area contributed by atoms with Gasteiger partial charge in [0.2, 0.25) is 0 Å². The Labute approximate surface area is 181 Å². The highest BCUT2D eigenvalue weighted by Gasteiger charge is 2.18. The molecule has 0 unspecified atom stereocenters. The van der Waals surface area contributed by atoms with E-state index in [-0.39, 0.29) is 24.5 Å². The molecule has 1 N–H and O–H groups in total. The van der Waals surface area contributed by atoms with E-state index in [0.717, 1.165) is 11.3 Å². The fourth-order valence-electron chi connectivity index (χ4n) is 3.03. The Bertz CT molecular complexity index is 1310. The second kappa shape index (κ2) is 8.61. The minimum Gasteiger partial charge on any atom is -0.508 e. The molecule has 4 aromatic rings. The fourth-order valence-corrected chi connectivity index (χ4v) is 3.90. The van der Waals surface area contributed by atoms with E-state index in [2.05, 4.69) is 4.98 Å². The number of fused-ring (bicyclic) bond motifs is 1. The van der Waals surface area contributed by atoms with Crippen molar-refractivity contribution in [2.45, 2.75) is 27.1 Å². The minimum absolute atomic E-state index is 0.0227. The first kappa shape index (κ1) is 20.6. The van der Waals surface area contributed by atoms with Gasteiger partial charge in [0, 0.05) is 23.1 Å². The summed E-state index contributed by atoms with van der Waals surface area (Å²) in [6.45, 7) is 3.87. The summed E-state index contributed by atoms with van der Waals surface area (Å²) < 4.78 is 16.2. The molecule has 158 valence electrons. The molecule has 0 saturated carbocycles. The molecule has 4 rings (SSSR count). The molecule has 8 heteroatoms. The number of thiazole rings is 1. The van der Waals surface area contributed by atoms with Crippen LogP contribution in [-0.4, -0.2) is 16.1 Å². The van der Waals surface area contributed by atoms with Crippen LogP contribution in [0.5, 0.6) is 11.5 Å². The second-order valence-electron chi connectivity index (χ2n) is 6.97. The summed E-state index contributed by atoms with van der Waals surface area (Å²) in [6.07, 6.45) is 0. The SMILES string of the molecule is Cc1ccc(OCc2nc(C)c(C(=O)OCc3cc(=O)oc4cc(O)ccc34)s2)cc1. The third kappa shape index (κ3) is 4.75. The molecule has 2 heterocycles. The van der Waals surface area contributed by atoms with E-state index in [0.29, 0.717) is 26.5 Å². The van der Waals surface area contributed by atoms with Crippen molar-refractivity contribution in [2.24, 2.45) is 0 Å². The van der Waals surface area contributed by atoms with Crippen molar-refractivity contribution in [2.75, 3.05) is 0 Å². The van der Waals surface area contributed by atoms with Crippen LogP contribution in [0.2, 0.25) is 0 Å². The van der Waals surface area contributed by atoms with Crippen LogP contribution in [0.1, 0.15) is 31.5 Å². The highest BCUT2D eigenvalue weighted by atomic mass is 32.1. The second-order valence-corrected chi connectivity index (χ2v) is 8.05. The number of carbonyl (C=O) groups is 1. The molecule has 0 aliphatic carbocycles. The Morgan fingerprint density at radius 2 is 1.87 bits per heavy atom. The molecule has 0 saturated heterocycles. The topological polar surface area (TPSA) is 98.9 Å². The molecule has 0 amide bonds. The third-order valence-corrected chi connectivity index (χ3v) is 5.69. The highest BCUT2D eigenvalue weighted by Crippen LogP contribution is 2.24. The zero-order valence-corrected chi connectivity index (χ0v) is 17.7. The van der Waals surface area contributed by atoms with Crippen molar-refractivity contribution in [1.82, 2.24) is 4.98 Å². The summed E-state index contributed by atoms with van der Waals surface area (Å²) in [5, 5.41) is 10.8. The number of phenolic OH excluding ortho intramolecular Hbond substituents is 1. The Morgan fingerprint density at radius 3 is 2.65 bits per heavy atom. The number of phenols is 1. The summed E-state index contributed by atoms with van der Waals surface area (Å²) in [6, 6.07) is 13.4. The van der Waals surface area contributed by atoms with E-state index in [1.807, 2.05) is 31.2 Å². The van der Waals surface area contributed by atoms with E-state index < -0.39 is 11.6 Å². The molecule has 0 radical (unpaired) electrons. The lowest BCUT2D eigenvalue weighted by Crippen LogP contribution is -2.07. The predicted octanol–water partition coefficient (Wildman–Crippen LogP) is 4.51. The third-order valence-electron chi connectivity index (χ3n) is 4.58. The maximum atomic E-state index is 12.6. The first-order chi connectivity index (χ1) is 14.9. The normalized spacial score (nSPS) is 10.9. The Morgan fingerprint density at radius 1 is 1.10 bits per heavy atom. The van der Waals surface area contributed by atoms with Gasteiger partial charge in [0.05, 0.1) is 5.69 Å². The summed E-state index contributed by atoms with van der Waals surface area (Å²) in [5.41, 5.74) is 1.82. The number of rotatable bonds is 6. The van der Waals surface area contributed by atoms with Crippen molar-refractivity contribution in [1.29, 1.82) is 0 Å². The van der Waals surface area contributed by atoms with Gasteiger partial charge in [0.25, 0.3) is 0 Å². The fraction of sp³-hybridized carbons (Fsp3) is 0.174. The van der Waals surface area contributed by atoms with Crippen LogP contribution in [0, 0.1) is 13.8 Å². The lowest BCUT2D eigenvalue weighted by Gasteiger charge is -2.07. The highest BCUT2D eigenvalue weighted by molar-refractivity contribution is 7.13. The first-order valence-electron chi connectivity index (χ1n) is 9.48. The van der Waals surface area contributed by atoms with E-state index in [1.54, 1.807) is 13.0 Å². The average Bonchev–Trinajstić information content (AvgIpc) is 3.11. The monoisotopic (exact) mass is 437 g/mol. The molecular formula is C23H19NO6S. The number of aromatic nitrogens is 1. The Balaban J connectivity index is 1.45. The number of hydrogen-bond donors (Lipinski definition) is 1. The van der Waals surface area contributed by atoms with E-state index in [4.69, 9.17) is 13.9 Å². The van der Waals surface area contributed by atoms with Crippen molar-refractivity contribution in [3.63, 3.8) is 0 Å². The number of benzene rings is 2. The number of aromatic hydroxyl groups is 1. The molecule has 0 aliphatic rings. The molecule has 7 nitrogen and oxygen atoms in total. The van der Waals surface area contributed by atoms with Gasteiger partial charge in [-0.3, -0.25) is 0 Å². The van der Waals surface area contributed by atoms with Crippen LogP contribution < -0.4 is 10.4 Å². The van der Waals surface area contributed by atoms with Crippen LogP contribution in [0.25, 0.3) is 11.0 Å². The molecule has 0 bridgehead atoms. The van der Waals surface area contributed by atoms with Gasteiger partial charge < -0.3 is 19.0 Å². The van der Waals surface area contributed by atoms with Gasteiger partial charge in [-0.15, -0.1) is 11.3 Å². The summed E-state index contributed by atoms with van der Waals surface area (Å²) in [7, 11) is 0. The van der Waals surface area contributed by atoms with Crippen molar-refractivity contribution < 1.29 is 23.8 Å². The van der Waals surface area contributed by atoms with Crippen LogP contribution >= 0.6 is 11.3 Å². The molecule has 2 aromatic heterocycles. The Kier molecular flexibility index (Phi) is 5.73. The van der Waals surface area contributed by atoms with Crippen LogP contribution in [0.15, 0.2) is 57.7 Å². The number of carbonyl (C=O) groups excluding carboxylic acids is 1. The van der Waals surface area contributed by atoms with Crippen LogP contribution in [-0.2, 0) is 18.0 Å². The number of nitrogens with zero attached hydrogens (tertiary/aromatic N) is 1.